The number of aliphatic hydroxyl groups excluding tert-OH is 1. The van der Waals surface area contributed by atoms with Crippen molar-refractivity contribution < 1.29 is 38.2 Å². The Morgan fingerprint density at radius 1 is 0.931 bits per heavy atom. The third-order valence-electron chi connectivity index (χ3n) is 4.96. The lowest BCUT2D eigenvalue weighted by Gasteiger charge is -2.28. The first-order valence-electron chi connectivity index (χ1n) is 9.87. The van der Waals surface area contributed by atoms with Crippen LogP contribution in [0.5, 0.6) is 0 Å². The van der Waals surface area contributed by atoms with Gasteiger partial charge in [-0.2, -0.15) is 0 Å². The van der Waals surface area contributed by atoms with Crippen molar-refractivity contribution in [2.75, 3.05) is 0 Å². The maximum Gasteiger partial charge on any atom is 0.374 e. The average Bonchev–Trinajstić information content (AvgIpc) is 2.65. The minimum Gasteiger partial charge on any atom is -0.475 e. The van der Waals surface area contributed by atoms with Crippen LogP contribution in [0.2, 0.25) is 0 Å². The number of carboxylic acid groups (broad SMARTS) is 1. The highest BCUT2D eigenvalue weighted by molar-refractivity contribution is 6.35. The third kappa shape index (κ3) is 8.43. The first kappa shape index (κ1) is 24.9. The summed E-state index contributed by atoms with van der Waals surface area (Å²) in [5, 5.41) is 23.5. The Bertz CT molecular complexity index is 593. The molecule has 0 aromatic heterocycles. The van der Waals surface area contributed by atoms with Gasteiger partial charge in [0.25, 0.3) is 5.78 Å². The van der Waals surface area contributed by atoms with Gasteiger partial charge in [0.15, 0.2) is 0 Å². The number of hydrogen-bond donors (Lipinski definition) is 4. The Morgan fingerprint density at radius 2 is 1.48 bits per heavy atom. The second-order valence-corrected chi connectivity index (χ2v) is 7.89. The fraction of sp³-hybridized carbons (Fsp3) is 0.789. The molecule has 4 N–H and O–H groups in total. The monoisotopic (exact) mass is 420 g/mol. The lowest BCUT2D eigenvalue weighted by Crippen LogP contribution is -2.55. The molecule has 3 atom stereocenters. The van der Waals surface area contributed by atoms with Crippen molar-refractivity contribution in [1.82, 2.24) is 10.6 Å². The molecule has 1 saturated carbocycles. The van der Waals surface area contributed by atoms with Gasteiger partial charge in [-0.05, 0) is 31.1 Å². The zero-order valence-corrected chi connectivity index (χ0v) is 16.7. The van der Waals surface area contributed by atoms with Crippen molar-refractivity contribution in [3.05, 3.63) is 0 Å². The first-order chi connectivity index (χ1) is 13.5. The second kappa shape index (κ2) is 11.8. The number of nitrogens with one attached hydrogen (secondary N) is 2. The maximum absolute atomic E-state index is 12.7. The number of aliphatic carboxylic acids is 1. The molecule has 1 aliphatic rings. The normalized spacial score (nSPS) is 18.2. The zero-order valence-electron chi connectivity index (χ0n) is 16.7. The van der Waals surface area contributed by atoms with E-state index in [0.717, 1.165) is 19.3 Å². The van der Waals surface area contributed by atoms with E-state index in [0.29, 0.717) is 12.8 Å². The minimum atomic E-state index is -3.00. The molecular weight excluding hydrogens is 390 g/mol. The lowest BCUT2D eigenvalue weighted by molar-refractivity contribution is -0.151. The number of rotatable bonds is 11. The van der Waals surface area contributed by atoms with E-state index in [1.54, 1.807) is 13.8 Å². The number of amides is 2. The van der Waals surface area contributed by atoms with Gasteiger partial charge in [-0.1, -0.05) is 33.1 Å². The van der Waals surface area contributed by atoms with Gasteiger partial charge in [-0.3, -0.25) is 14.4 Å². The molecule has 29 heavy (non-hydrogen) atoms. The Morgan fingerprint density at radius 3 is 1.97 bits per heavy atom. The number of ketones is 1. The van der Waals surface area contributed by atoms with Crippen LogP contribution in [0.15, 0.2) is 0 Å². The van der Waals surface area contributed by atoms with Gasteiger partial charge in [-0.15, -0.1) is 0 Å². The third-order valence-corrected chi connectivity index (χ3v) is 4.96. The SMILES string of the molecule is CC(C)C[C@H](NC(=O)[C@H](O)C1CCCCC1)C(=O)N[C@@H](CC(F)F)C(=O)C(=O)O. The van der Waals surface area contributed by atoms with Crippen molar-refractivity contribution in [2.24, 2.45) is 11.8 Å². The van der Waals surface area contributed by atoms with E-state index in [2.05, 4.69) is 5.32 Å². The van der Waals surface area contributed by atoms with Gasteiger partial charge >= 0.3 is 5.97 Å². The Kier molecular flexibility index (Phi) is 10.1. The fourth-order valence-electron chi connectivity index (χ4n) is 3.46. The molecule has 8 nitrogen and oxygen atoms in total. The van der Waals surface area contributed by atoms with Crippen molar-refractivity contribution in [3.8, 4) is 0 Å². The molecule has 0 aromatic rings. The maximum atomic E-state index is 12.7. The minimum absolute atomic E-state index is 0.0819. The van der Waals surface area contributed by atoms with Crippen LogP contribution in [-0.2, 0) is 19.2 Å². The van der Waals surface area contributed by atoms with E-state index in [-0.39, 0.29) is 18.3 Å². The van der Waals surface area contributed by atoms with E-state index in [1.165, 1.54) is 0 Å². The van der Waals surface area contributed by atoms with Gasteiger partial charge < -0.3 is 20.8 Å². The van der Waals surface area contributed by atoms with Crippen LogP contribution in [0, 0.1) is 11.8 Å². The van der Waals surface area contributed by atoms with Crippen molar-refractivity contribution in [3.63, 3.8) is 0 Å². The number of halogens is 2. The van der Waals surface area contributed by atoms with E-state index in [4.69, 9.17) is 5.11 Å². The summed E-state index contributed by atoms with van der Waals surface area (Å²) in [5.41, 5.74) is 0. The molecule has 0 heterocycles. The molecule has 0 aliphatic heterocycles. The average molecular weight is 420 g/mol. The number of carbonyl (C=O) groups is 4. The van der Waals surface area contributed by atoms with E-state index in [9.17, 15) is 33.1 Å². The van der Waals surface area contributed by atoms with Crippen molar-refractivity contribution in [2.45, 2.75) is 83.4 Å². The molecule has 0 radical (unpaired) electrons. The molecule has 1 aliphatic carbocycles. The second-order valence-electron chi connectivity index (χ2n) is 7.89. The summed E-state index contributed by atoms with van der Waals surface area (Å²) in [4.78, 5) is 47.4. The summed E-state index contributed by atoms with van der Waals surface area (Å²) in [6.45, 7) is 3.53. The van der Waals surface area contributed by atoms with Crippen LogP contribution in [0.25, 0.3) is 0 Å². The van der Waals surface area contributed by atoms with Crippen molar-refractivity contribution in [1.29, 1.82) is 0 Å². The quantitative estimate of drug-likeness (QED) is 0.372. The zero-order chi connectivity index (χ0) is 22.1. The Hall–Kier alpha value is -2.10. The summed E-state index contributed by atoms with van der Waals surface area (Å²) in [6, 6.07) is -3.10. The van der Waals surface area contributed by atoms with E-state index >= 15 is 0 Å². The summed E-state index contributed by atoms with van der Waals surface area (Å²) in [7, 11) is 0. The predicted molar refractivity (Wildman–Crippen MR) is 99.2 cm³/mol. The molecule has 1 fully saturated rings. The largest absolute Gasteiger partial charge is 0.475 e. The van der Waals surface area contributed by atoms with Crippen LogP contribution in [0.3, 0.4) is 0 Å². The predicted octanol–water partition coefficient (Wildman–Crippen LogP) is 1.25. The molecule has 0 bridgehead atoms. The fourth-order valence-corrected chi connectivity index (χ4v) is 3.46. The number of hydrogen-bond acceptors (Lipinski definition) is 5. The molecular formula is C19H30F2N2O6. The summed E-state index contributed by atoms with van der Waals surface area (Å²) in [6.07, 6.45) is -1.11. The number of alkyl halides is 2. The number of aliphatic hydroxyl groups is 1. The highest BCUT2D eigenvalue weighted by Gasteiger charge is 2.34. The molecule has 10 heteroatoms. The van der Waals surface area contributed by atoms with E-state index in [1.807, 2.05) is 5.32 Å². The van der Waals surface area contributed by atoms with Gasteiger partial charge in [0.2, 0.25) is 18.2 Å². The Labute approximate surface area is 168 Å². The van der Waals surface area contributed by atoms with Gasteiger partial charge in [0, 0.05) is 6.42 Å². The summed E-state index contributed by atoms with van der Waals surface area (Å²) in [5.74, 6) is -5.48. The molecule has 2 amide bonds. The first-order valence-corrected chi connectivity index (χ1v) is 9.87. The standard InChI is InChI=1S/C19H30F2N2O6/c1-10(2)8-13(23-18(27)15(24)11-6-4-3-5-7-11)17(26)22-12(9-14(20)21)16(25)19(28)29/h10-15,24H,3-9H2,1-2H3,(H,22,26)(H,23,27)(H,28,29)/t12-,13-,15+/m0/s1. The molecule has 0 unspecified atom stereocenters. The van der Waals surface area contributed by atoms with Crippen LogP contribution in [-0.4, -0.2) is 58.4 Å². The van der Waals surface area contributed by atoms with Gasteiger partial charge in [-0.25, -0.2) is 13.6 Å². The highest BCUT2D eigenvalue weighted by atomic mass is 19.3. The van der Waals surface area contributed by atoms with Gasteiger partial charge in [0.05, 0.1) is 0 Å². The van der Waals surface area contributed by atoms with Gasteiger partial charge in [0.1, 0.15) is 18.2 Å². The molecule has 0 saturated heterocycles. The highest BCUT2D eigenvalue weighted by Crippen LogP contribution is 2.26. The van der Waals surface area contributed by atoms with Crippen LogP contribution in [0.1, 0.15) is 58.8 Å². The topological polar surface area (TPSA) is 133 Å². The Balaban J connectivity index is 2.85. The lowest BCUT2D eigenvalue weighted by atomic mass is 9.85. The number of carbonyl (C=O) groups excluding carboxylic acids is 3. The van der Waals surface area contributed by atoms with E-state index < -0.39 is 54.6 Å². The number of carboxylic acids is 1. The van der Waals surface area contributed by atoms with Crippen LogP contribution in [0.4, 0.5) is 8.78 Å². The molecule has 1 rings (SSSR count). The summed E-state index contributed by atoms with van der Waals surface area (Å²) < 4.78 is 25.4. The molecule has 0 aromatic carbocycles. The summed E-state index contributed by atoms with van der Waals surface area (Å²) >= 11 is 0. The number of Topliss-reactive ketones (excluding diaryl/α,β-unsaturated/α-hetero) is 1. The molecule has 166 valence electrons. The van der Waals surface area contributed by atoms with Crippen LogP contribution < -0.4 is 10.6 Å². The molecule has 0 spiro atoms. The van der Waals surface area contributed by atoms with Crippen LogP contribution >= 0.6 is 0 Å². The van der Waals surface area contributed by atoms with Crippen molar-refractivity contribution >= 4 is 23.6 Å². The smallest absolute Gasteiger partial charge is 0.374 e.